The van der Waals surface area contributed by atoms with Crippen LogP contribution in [0.1, 0.15) is 42.6 Å². The molecule has 2 N–H and O–H groups in total. The number of aliphatic hydroxyl groups excluding tert-OH is 1. The SMILES string of the molecule is CCCc1cc(NC(=O)N(CCO)C2CCc3ccccc32)n(C)n1. The van der Waals surface area contributed by atoms with Gasteiger partial charge in [0.2, 0.25) is 0 Å². The second-order valence-corrected chi connectivity index (χ2v) is 6.49. The van der Waals surface area contributed by atoms with Gasteiger partial charge >= 0.3 is 6.03 Å². The first-order chi connectivity index (χ1) is 12.1. The van der Waals surface area contributed by atoms with Crippen molar-refractivity contribution < 1.29 is 9.90 Å². The molecule has 2 amide bonds. The number of aromatic nitrogens is 2. The van der Waals surface area contributed by atoms with E-state index in [1.54, 1.807) is 9.58 Å². The van der Waals surface area contributed by atoms with Crippen molar-refractivity contribution in [2.75, 3.05) is 18.5 Å². The number of carbonyl (C=O) groups is 1. The van der Waals surface area contributed by atoms with Crippen LogP contribution >= 0.6 is 0 Å². The van der Waals surface area contributed by atoms with Gasteiger partial charge in [0.05, 0.1) is 18.3 Å². The van der Waals surface area contributed by atoms with Crippen LogP contribution in [0.25, 0.3) is 0 Å². The average Bonchev–Trinajstić information content (AvgIpc) is 3.17. The number of nitrogens with one attached hydrogen (secondary N) is 1. The molecule has 6 nitrogen and oxygen atoms in total. The third kappa shape index (κ3) is 3.69. The minimum absolute atomic E-state index is 0.00619. The van der Waals surface area contributed by atoms with Crippen LogP contribution in [0.2, 0.25) is 0 Å². The van der Waals surface area contributed by atoms with Crippen molar-refractivity contribution in [3.05, 3.63) is 47.2 Å². The summed E-state index contributed by atoms with van der Waals surface area (Å²) >= 11 is 0. The third-order valence-corrected chi connectivity index (χ3v) is 4.75. The maximum Gasteiger partial charge on any atom is 0.323 e. The van der Waals surface area contributed by atoms with Crippen molar-refractivity contribution >= 4 is 11.8 Å². The summed E-state index contributed by atoms with van der Waals surface area (Å²) in [5.74, 6) is 0.683. The van der Waals surface area contributed by atoms with Crippen LogP contribution in [0.3, 0.4) is 0 Å². The van der Waals surface area contributed by atoms with Crippen LogP contribution in [-0.2, 0) is 19.9 Å². The van der Waals surface area contributed by atoms with Gasteiger partial charge in [-0.15, -0.1) is 0 Å². The van der Waals surface area contributed by atoms with Crippen LogP contribution in [0.4, 0.5) is 10.6 Å². The first kappa shape index (κ1) is 17.5. The number of amides is 2. The molecule has 0 aliphatic heterocycles. The van der Waals surface area contributed by atoms with Gasteiger partial charge in [0, 0.05) is 19.7 Å². The number of nitrogens with zero attached hydrogens (tertiary/aromatic N) is 3. The molecule has 134 valence electrons. The normalized spacial score (nSPS) is 15.9. The van der Waals surface area contributed by atoms with E-state index in [0.29, 0.717) is 12.4 Å². The fraction of sp³-hybridized carbons (Fsp3) is 0.474. The van der Waals surface area contributed by atoms with Crippen LogP contribution < -0.4 is 5.32 Å². The van der Waals surface area contributed by atoms with E-state index in [1.807, 2.05) is 25.2 Å². The maximum atomic E-state index is 12.9. The van der Waals surface area contributed by atoms with E-state index in [4.69, 9.17) is 0 Å². The van der Waals surface area contributed by atoms with Gasteiger partial charge in [0.25, 0.3) is 0 Å². The highest BCUT2D eigenvalue weighted by molar-refractivity contribution is 5.89. The van der Waals surface area contributed by atoms with E-state index in [0.717, 1.165) is 31.4 Å². The molecular weight excluding hydrogens is 316 g/mol. The number of benzene rings is 1. The van der Waals surface area contributed by atoms with Gasteiger partial charge in [-0.1, -0.05) is 37.6 Å². The van der Waals surface area contributed by atoms with E-state index in [1.165, 1.54) is 11.1 Å². The summed E-state index contributed by atoms with van der Waals surface area (Å²) < 4.78 is 1.70. The number of carbonyl (C=O) groups excluding carboxylic acids is 1. The van der Waals surface area contributed by atoms with Gasteiger partial charge in [-0.2, -0.15) is 5.10 Å². The van der Waals surface area contributed by atoms with E-state index in [-0.39, 0.29) is 18.7 Å². The zero-order valence-electron chi connectivity index (χ0n) is 14.9. The Morgan fingerprint density at radius 2 is 2.24 bits per heavy atom. The summed E-state index contributed by atoms with van der Waals surface area (Å²) in [4.78, 5) is 14.6. The summed E-state index contributed by atoms with van der Waals surface area (Å²) in [6, 6.07) is 9.96. The molecule has 6 heteroatoms. The van der Waals surface area contributed by atoms with Crippen molar-refractivity contribution in [2.45, 2.75) is 38.6 Å². The second kappa shape index (κ2) is 7.70. The Hall–Kier alpha value is -2.34. The molecule has 1 aromatic carbocycles. The predicted molar refractivity (Wildman–Crippen MR) is 97.5 cm³/mol. The molecule has 1 atom stereocenters. The monoisotopic (exact) mass is 342 g/mol. The third-order valence-electron chi connectivity index (χ3n) is 4.75. The molecule has 0 spiro atoms. The lowest BCUT2D eigenvalue weighted by Crippen LogP contribution is -2.39. The van der Waals surface area contributed by atoms with E-state index >= 15 is 0 Å². The Balaban J connectivity index is 1.78. The summed E-state index contributed by atoms with van der Waals surface area (Å²) in [5.41, 5.74) is 3.44. The first-order valence-corrected chi connectivity index (χ1v) is 8.93. The fourth-order valence-corrected chi connectivity index (χ4v) is 3.57. The number of aliphatic hydroxyl groups is 1. The summed E-state index contributed by atoms with van der Waals surface area (Å²) in [6.07, 6.45) is 3.75. The molecule has 2 aromatic rings. The van der Waals surface area contributed by atoms with Crippen molar-refractivity contribution in [3.63, 3.8) is 0 Å². The van der Waals surface area contributed by atoms with Crippen molar-refractivity contribution in [3.8, 4) is 0 Å². The van der Waals surface area contributed by atoms with Crippen LogP contribution in [0.15, 0.2) is 30.3 Å². The lowest BCUT2D eigenvalue weighted by atomic mass is 10.1. The largest absolute Gasteiger partial charge is 0.395 e. The molecule has 0 radical (unpaired) electrons. The fourth-order valence-electron chi connectivity index (χ4n) is 3.57. The topological polar surface area (TPSA) is 70.4 Å². The summed E-state index contributed by atoms with van der Waals surface area (Å²) in [7, 11) is 1.83. The van der Waals surface area contributed by atoms with Gasteiger partial charge in [-0.25, -0.2) is 4.79 Å². The van der Waals surface area contributed by atoms with Gasteiger partial charge in [0.1, 0.15) is 5.82 Å². The van der Waals surface area contributed by atoms with E-state index in [2.05, 4.69) is 29.5 Å². The van der Waals surface area contributed by atoms with Crippen molar-refractivity contribution in [1.29, 1.82) is 0 Å². The number of hydrogen-bond acceptors (Lipinski definition) is 3. The highest BCUT2D eigenvalue weighted by atomic mass is 16.3. The molecule has 1 heterocycles. The number of urea groups is 1. The Morgan fingerprint density at radius 1 is 1.44 bits per heavy atom. The van der Waals surface area contributed by atoms with Crippen LogP contribution in [0.5, 0.6) is 0 Å². The Morgan fingerprint density at radius 3 is 3.00 bits per heavy atom. The average molecular weight is 342 g/mol. The molecular formula is C19H26N4O2. The lowest BCUT2D eigenvalue weighted by Gasteiger charge is -2.29. The molecule has 1 aromatic heterocycles. The minimum atomic E-state index is -0.193. The number of anilines is 1. The second-order valence-electron chi connectivity index (χ2n) is 6.49. The quantitative estimate of drug-likeness (QED) is 0.848. The molecule has 1 unspecified atom stereocenters. The van der Waals surface area contributed by atoms with Crippen molar-refractivity contribution in [1.82, 2.24) is 14.7 Å². The van der Waals surface area contributed by atoms with Crippen LogP contribution in [0, 0.1) is 0 Å². The van der Waals surface area contributed by atoms with Crippen LogP contribution in [-0.4, -0.2) is 39.0 Å². The number of aryl methyl sites for hydroxylation is 3. The molecule has 1 aliphatic carbocycles. The molecule has 25 heavy (non-hydrogen) atoms. The molecule has 3 rings (SSSR count). The Bertz CT molecular complexity index is 741. The molecule has 0 saturated carbocycles. The first-order valence-electron chi connectivity index (χ1n) is 8.93. The molecule has 0 saturated heterocycles. The highest BCUT2D eigenvalue weighted by Gasteiger charge is 2.30. The highest BCUT2D eigenvalue weighted by Crippen LogP contribution is 2.35. The van der Waals surface area contributed by atoms with Gasteiger partial charge in [0.15, 0.2) is 0 Å². The number of fused-ring (bicyclic) bond motifs is 1. The summed E-state index contributed by atoms with van der Waals surface area (Å²) in [5, 5.41) is 16.8. The Kier molecular flexibility index (Phi) is 5.38. The molecule has 0 fully saturated rings. The lowest BCUT2D eigenvalue weighted by molar-refractivity contribution is 0.162. The van der Waals surface area contributed by atoms with Gasteiger partial charge in [-0.05, 0) is 30.4 Å². The zero-order valence-corrected chi connectivity index (χ0v) is 14.9. The predicted octanol–water partition coefficient (Wildman–Crippen LogP) is 2.89. The van der Waals surface area contributed by atoms with E-state index < -0.39 is 0 Å². The maximum absolute atomic E-state index is 12.9. The molecule has 0 bridgehead atoms. The van der Waals surface area contributed by atoms with Gasteiger partial charge in [-0.3, -0.25) is 10.00 Å². The number of rotatable bonds is 6. The minimum Gasteiger partial charge on any atom is -0.395 e. The Labute approximate surface area is 148 Å². The summed E-state index contributed by atoms with van der Waals surface area (Å²) in [6.45, 7) is 2.36. The zero-order chi connectivity index (χ0) is 17.8. The van der Waals surface area contributed by atoms with Gasteiger partial charge < -0.3 is 10.0 Å². The standard InChI is InChI=1S/C19H26N4O2/c1-3-6-15-13-18(22(2)21-15)20-19(25)23(11-12-24)17-10-9-14-7-4-5-8-16(14)17/h4-5,7-8,13,17,24H,3,6,9-12H2,1-2H3,(H,20,25). The van der Waals surface area contributed by atoms with E-state index in [9.17, 15) is 9.90 Å². The molecule has 1 aliphatic rings. The number of hydrogen-bond donors (Lipinski definition) is 2. The van der Waals surface area contributed by atoms with Crippen molar-refractivity contribution in [2.24, 2.45) is 7.05 Å². The smallest absolute Gasteiger partial charge is 0.323 e.